The van der Waals surface area contributed by atoms with Crippen molar-refractivity contribution in [3.8, 4) is 17.2 Å². The number of phenols is 1. The summed E-state index contributed by atoms with van der Waals surface area (Å²) in [5.74, 6) is 0.415. The number of hydrogen-bond donors (Lipinski definition) is 2. The van der Waals surface area contributed by atoms with Crippen molar-refractivity contribution in [2.75, 3.05) is 6.79 Å². The zero-order chi connectivity index (χ0) is 14.1. The maximum Gasteiger partial charge on any atom is 0.335 e. The van der Waals surface area contributed by atoms with Crippen molar-refractivity contribution in [2.45, 2.75) is 6.42 Å². The largest absolute Gasteiger partial charge is 0.508 e. The summed E-state index contributed by atoms with van der Waals surface area (Å²) in [6, 6.07) is 9.74. The van der Waals surface area contributed by atoms with E-state index >= 15 is 0 Å². The first-order chi connectivity index (χ1) is 9.63. The molecule has 5 heteroatoms. The van der Waals surface area contributed by atoms with Crippen molar-refractivity contribution < 1.29 is 24.5 Å². The summed E-state index contributed by atoms with van der Waals surface area (Å²) in [5.41, 5.74) is 1.62. The van der Waals surface area contributed by atoms with Gasteiger partial charge < -0.3 is 19.7 Å². The lowest BCUT2D eigenvalue weighted by atomic mass is 10.0. The highest BCUT2D eigenvalue weighted by Crippen LogP contribution is 2.33. The highest BCUT2D eigenvalue weighted by Gasteiger charge is 2.14. The molecule has 0 aromatic heterocycles. The number of rotatable bonds is 3. The molecule has 2 aromatic rings. The van der Waals surface area contributed by atoms with Crippen molar-refractivity contribution in [3.05, 3.63) is 53.1 Å². The molecule has 0 atom stereocenters. The second-order valence-electron chi connectivity index (χ2n) is 4.51. The monoisotopic (exact) mass is 272 g/mol. The van der Waals surface area contributed by atoms with Crippen LogP contribution in [0.15, 0.2) is 36.4 Å². The maximum atomic E-state index is 11.0. The number of carboxylic acid groups (broad SMARTS) is 1. The maximum absolute atomic E-state index is 11.0. The molecule has 1 heterocycles. The molecule has 0 amide bonds. The minimum absolute atomic E-state index is 0.0765. The van der Waals surface area contributed by atoms with E-state index in [1.807, 2.05) is 12.1 Å². The van der Waals surface area contributed by atoms with Gasteiger partial charge in [0.1, 0.15) is 5.75 Å². The Hall–Kier alpha value is -2.69. The number of fused-ring (bicyclic) bond motifs is 1. The average molecular weight is 272 g/mol. The van der Waals surface area contributed by atoms with Crippen molar-refractivity contribution in [2.24, 2.45) is 0 Å². The molecule has 0 bridgehead atoms. The Labute approximate surface area is 115 Å². The summed E-state index contributed by atoms with van der Waals surface area (Å²) >= 11 is 0. The Morgan fingerprint density at radius 1 is 1.10 bits per heavy atom. The molecule has 1 aliphatic rings. The molecule has 102 valence electrons. The number of phenolic OH excluding ortho intramolecular Hbond substituents is 1. The van der Waals surface area contributed by atoms with Gasteiger partial charge in [0.15, 0.2) is 11.5 Å². The molecule has 2 N–H and O–H groups in total. The Morgan fingerprint density at radius 2 is 1.90 bits per heavy atom. The third-order valence-electron chi connectivity index (χ3n) is 3.16. The van der Waals surface area contributed by atoms with Crippen LogP contribution in [0.1, 0.15) is 21.5 Å². The van der Waals surface area contributed by atoms with Gasteiger partial charge in [-0.15, -0.1) is 0 Å². The lowest BCUT2D eigenvalue weighted by Gasteiger charge is -2.07. The van der Waals surface area contributed by atoms with E-state index in [1.165, 1.54) is 18.2 Å². The van der Waals surface area contributed by atoms with Crippen LogP contribution < -0.4 is 9.47 Å². The van der Waals surface area contributed by atoms with Gasteiger partial charge in [0.2, 0.25) is 6.79 Å². The van der Waals surface area contributed by atoms with Crippen LogP contribution in [0.25, 0.3) is 0 Å². The molecule has 20 heavy (non-hydrogen) atoms. The van der Waals surface area contributed by atoms with Crippen LogP contribution in [0.2, 0.25) is 0 Å². The fraction of sp³-hybridized carbons (Fsp3) is 0.133. The Bertz CT molecular complexity index is 678. The zero-order valence-corrected chi connectivity index (χ0v) is 10.5. The topological polar surface area (TPSA) is 76.0 Å². The molecule has 0 saturated heterocycles. The first-order valence-corrected chi connectivity index (χ1v) is 6.07. The van der Waals surface area contributed by atoms with E-state index in [9.17, 15) is 9.90 Å². The molecule has 3 rings (SSSR count). The number of carboxylic acids is 1. The number of aromatic carboxylic acids is 1. The number of ether oxygens (including phenoxy) is 2. The minimum atomic E-state index is -1.02. The lowest BCUT2D eigenvalue weighted by molar-refractivity contribution is 0.0696. The van der Waals surface area contributed by atoms with Crippen LogP contribution in [0.5, 0.6) is 17.2 Å². The normalized spacial score (nSPS) is 12.4. The lowest BCUT2D eigenvalue weighted by Crippen LogP contribution is -1.98. The molecular weight excluding hydrogens is 260 g/mol. The molecule has 0 aliphatic carbocycles. The van der Waals surface area contributed by atoms with Crippen LogP contribution in [-0.2, 0) is 6.42 Å². The van der Waals surface area contributed by atoms with Crippen molar-refractivity contribution >= 4 is 5.97 Å². The van der Waals surface area contributed by atoms with Crippen LogP contribution in [0, 0.1) is 0 Å². The van der Waals surface area contributed by atoms with Gasteiger partial charge in [0.05, 0.1) is 5.56 Å². The number of aromatic hydroxyl groups is 1. The highest BCUT2D eigenvalue weighted by molar-refractivity contribution is 5.88. The van der Waals surface area contributed by atoms with E-state index in [-0.39, 0.29) is 18.1 Å². The van der Waals surface area contributed by atoms with Gasteiger partial charge in [-0.2, -0.15) is 0 Å². The van der Waals surface area contributed by atoms with Gasteiger partial charge in [0.25, 0.3) is 0 Å². The van der Waals surface area contributed by atoms with Crippen LogP contribution in [-0.4, -0.2) is 23.0 Å². The molecule has 1 aliphatic heterocycles. The number of carbonyl (C=O) groups is 1. The van der Waals surface area contributed by atoms with Gasteiger partial charge in [0, 0.05) is 6.42 Å². The molecule has 0 saturated carbocycles. The molecule has 0 fully saturated rings. The van der Waals surface area contributed by atoms with Crippen molar-refractivity contribution in [1.82, 2.24) is 0 Å². The molecule has 0 unspecified atom stereocenters. The predicted molar refractivity (Wildman–Crippen MR) is 70.4 cm³/mol. The zero-order valence-electron chi connectivity index (χ0n) is 10.5. The van der Waals surface area contributed by atoms with E-state index in [4.69, 9.17) is 14.6 Å². The van der Waals surface area contributed by atoms with Gasteiger partial charge in [-0.3, -0.25) is 0 Å². The summed E-state index contributed by atoms with van der Waals surface area (Å²) in [7, 11) is 0. The Balaban J connectivity index is 1.91. The second kappa shape index (κ2) is 4.77. The van der Waals surface area contributed by atoms with Gasteiger partial charge in [-0.05, 0) is 41.5 Å². The molecule has 0 spiro atoms. The first-order valence-electron chi connectivity index (χ1n) is 6.07. The third-order valence-corrected chi connectivity index (χ3v) is 3.16. The highest BCUT2D eigenvalue weighted by atomic mass is 16.7. The van der Waals surface area contributed by atoms with Crippen molar-refractivity contribution in [1.29, 1.82) is 0 Å². The average Bonchev–Trinajstić information content (AvgIpc) is 2.88. The summed E-state index contributed by atoms with van der Waals surface area (Å²) in [5, 5.41) is 18.8. The second-order valence-corrected chi connectivity index (χ2v) is 4.51. The Kier molecular flexibility index (Phi) is 2.95. The molecule has 5 nitrogen and oxygen atoms in total. The number of benzene rings is 2. The molecule has 0 radical (unpaired) electrons. The van der Waals surface area contributed by atoms with E-state index in [0.717, 1.165) is 5.56 Å². The van der Waals surface area contributed by atoms with Crippen LogP contribution >= 0.6 is 0 Å². The smallest absolute Gasteiger partial charge is 0.335 e. The van der Waals surface area contributed by atoms with E-state index in [0.29, 0.717) is 23.5 Å². The van der Waals surface area contributed by atoms with Crippen LogP contribution in [0.3, 0.4) is 0 Å². The molecule has 2 aromatic carbocycles. The fourth-order valence-corrected chi connectivity index (χ4v) is 2.13. The van der Waals surface area contributed by atoms with Crippen LogP contribution in [0.4, 0.5) is 0 Å². The number of hydrogen-bond acceptors (Lipinski definition) is 4. The Morgan fingerprint density at radius 3 is 2.70 bits per heavy atom. The van der Waals surface area contributed by atoms with Gasteiger partial charge in [-0.25, -0.2) is 4.79 Å². The SMILES string of the molecule is O=C(O)c1ccc(O)c(Cc2ccc3c(c2)OCO3)c1. The first kappa shape index (κ1) is 12.3. The summed E-state index contributed by atoms with van der Waals surface area (Å²) in [6.45, 7) is 0.207. The minimum Gasteiger partial charge on any atom is -0.508 e. The standard InChI is InChI=1S/C15H12O5/c16-12-3-2-10(15(17)18)7-11(12)5-9-1-4-13-14(6-9)20-8-19-13/h1-4,6-7,16H,5,8H2,(H,17,18). The van der Waals surface area contributed by atoms with E-state index in [2.05, 4.69) is 0 Å². The predicted octanol–water partition coefficient (Wildman–Crippen LogP) is 2.41. The molecular formula is C15H12O5. The summed E-state index contributed by atoms with van der Waals surface area (Å²) < 4.78 is 10.5. The van der Waals surface area contributed by atoms with Gasteiger partial charge in [-0.1, -0.05) is 6.07 Å². The van der Waals surface area contributed by atoms with E-state index < -0.39 is 5.97 Å². The quantitative estimate of drug-likeness (QED) is 0.897. The van der Waals surface area contributed by atoms with Crippen molar-refractivity contribution in [3.63, 3.8) is 0 Å². The summed E-state index contributed by atoms with van der Waals surface area (Å²) in [4.78, 5) is 11.0. The summed E-state index contributed by atoms with van der Waals surface area (Å²) in [6.07, 6.45) is 0.420. The van der Waals surface area contributed by atoms with Gasteiger partial charge >= 0.3 is 5.97 Å². The fourth-order valence-electron chi connectivity index (χ4n) is 2.13. The third kappa shape index (κ3) is 2.25. The van der Waals surface area contributed by atoms with E-state index in [1.54, 1.807) is 6.07 Å².